The van der Waals surface area contributed by atoms with E-state index < -0.39 is 5.97 Å². The minimum atomic E-state index is -0.444. The molecule has 20 heavy (non-hydrogen) atoms. The summed E-state index contributed by atoms with van der Waals surface area (Å²) in [6, 6.07) is 0. The van der Waals surface area contributed by atoms with E-state index in [0.29, 0.717) is 18.5 Å². The van der Waals surface area contributed by atoms with E-state index in [0.717, 1.165) is 12.8 Å². The summed E-state index contributed by atoms with van der Waals surface area (Å²) >= 11 is 0. The number of ether oxygens (including phenoxy) is 1. The van der Waals surface area contributed by atoms with Gasteiger partial charge in [-0.05, 0) is 26.2 Å². The van der Waals surface area contributed by atoms with Crippen LogP contribution in [-0.2, 0) is 19.1 Å². The highest BCUT2D eigenvalue weighted by Gasteiger charge is 2.46. The fraction of sp³-hybridized carbons (Fsp3) is 0.533. The quantitative estimate of drug-likeness (QED) is 0.251. The molecular weight excluding hydrogens is 258 g/mol. The summed E-state index contributed by atoms with van der Waals surface area (Å²) in [5, 5.41) is 0. The standard InChI is InChI=1S/C15H19NO4/c1-10(2)15(19)20-9-5-8-16-13(17)11-6-3-4-7-12(11)14(16)18/h3,6,11-12H,1,4-5,7-9H2,2H3. The maximum absolute atomic E-state index is 12.1. The maximum atomic E-state index is 12.1. The number of hydrogen-bond donors (Lipinski definition) is 0. The molecule has 5 heteroatoms. The Kier molecular flexibility index (Phi) is 4.37. The van der Waals surface area contributed by atoms with Gasteiger partial charge in [0, 0.05) is 12.1 Å². The van der Waals surface area contributed by atoms with Crippen molar-refractivity contribution in [3.63, 3.8) is 0 Å². The number of esters is 1. The van der Waals surface area contributed by atoms with Crippen LogP contribution >= 0.6 is 0 Å². The van der Waals surface area contributed by atoms with E-state index in [-0.39, 0.29) is 30.3 Å². The summed E-state index contributed by atoms with van der Waals surface area (Å²) in [5.41, 5.74) is 0.342. The Balaban J connectivity index is 1.83. The third kappa shape index (κ3) is 2.81. The lowest BCUT2D eigenvalue weighted by Gasteiger charge is -2.14. The molecule has 0 spiro atoms. The van der Waals surface area contributed by atoms with Gasteiger partial charge in [0.15, 0.2) is 0 Å². The third-order valence-corrected chi connectivity index (χ3v) is 3.66. The van der Waals surface area contributed by atoms with E-state index in [1.165, 1.54) is 4.90 Å². The Morgan fingerprint density at radius 1 is 1.45 bits per heavy atom. The predicted octanol–water partition coefficient (Wildman–Crippen LogP) is 1.45. The number of nitrogens with zero attached hydrogens (tertiary/aromatic N) is 1. The molecular formula is C15H19NO4. The van der Waals surface area contributed by atoms with Crippen LogP contribution in [0.4, 0.5) is 0 Å². The van der Waals surface area contributed by atoms with Crippen molar-refractivity contribution in [1.82, 2.24) is 4.90 Å². The molecule has 0 N–H and O–H groups in total. The molecule has 1 fully saturated rings. The van der Waals surface area contributed by atoms with Crippen LogP contribution in [0.3, 0.4) is 0 Å². The van der Waals surface area contributed by atoms with Crippen LogP contribution in [0.15, 0.2) is 24.3 Å². The first-order chi connectivity index (χ1) is 9.52. The zero-order chi connectivity index (χ0) is 14.7. The van der Waals surface area contributed by atoms with Crippen molar-refractivity contribution in [1.29, 1.82) is 0 Å². The first kappa shape index (κ1) is 14.5. The highest BCUT2D eigenvalue weighted by atomic mass is 16.5. The zero-order valence-electron chi connectivity index (χ0n) is 11.6. The molecule has 108 valence electrons. The van der Waals surface area contributed by atoms with Gasteiger partial charge in [0.05, 0.1) is 18.4 Å². The first-order valence-electron chi connectivity index (χ1n) is 6.87. The Morgan fingerprint density at radius 3 is 2.85 bits per heavy atom. The van der Waals surface area contributed by atoms with Crippen LogP contribution in [0.1, 0.15) is 26.2 Å². The highest BCUT2D eigenvalue weighted by Crippen LogP contribution is 2.34. The minimum absolute atomic E-state index is 0.0874. The van der Waals surface area contributed by atoms with E-state index in [2.05, 4.69) is 6.58 Å². The van der Waals surface area contributed by atoms with E-state index in [9.17, 15) is 14.4 Å². The van der Waals surface area contributed by atoms with Crippen molar-refractivity contribution in [3.05, 3.63) is 24.3 Å². The number of hydrogen-bond acceptors (Lipinski definition) is 4. The minimum Gasteiger partial charge on any atom is -0.462 e. The molecule has 1 aliphatic heterocycles. The van der Waals surface area contributed by atoms with E-state index in [4.69, 9.17) is 4.74 Å². The van der Waals surface area contributed by atoms with Gasteiger partial charge in [-0.2, -0.15) is 0 Å². The van der Waals surface area contributed by atoms with Crippen molar-refractivity contribution in [2.45, 2.75) is 26.2 Å². The largest absolute Gasteiger partial charge is 0.462 e. The van der Waals surface area contributed by atoms with Gasteiger partial charge in [-0.25, -0.2) is 4.79 Å². The number of amides is 2. The summed E-state index contributed by atoms with van der Waals surface area (Å²) < 4.78 is 4.95. The second-order valence-corrected chi connectivity index (χ2v) is 5.24. The normalized spacial score (nSPS) is 24.8. The summed E-state index contributed by atoms with van der Waals surface area (Å²) in [7, 11) is 0. The first-order valence-corrected chi connectivity index (χ1v) is 6.87. The van der Waals surface area contributed by atoms with Gasteiger partial charge >= 0.3 is 5.97 Å². The van der Waals surface area contributed by atoms with Crippen molar-refractivity contribution >= 4 is 17.8 Å². The number of fused-ring (bicyclic) bond motifs is 1. The second-order valence-electron chi connectivity index (χ2n) is 5.24. The van der Waals surface area contributed by atoms with E-state index in [1.54, 1.807) is 6.92 Å². The molecule has 0 radical (unpaired) electrons. The average Bonchev–Trinajstić information content (AvgIpc) is 2.68. The number of allylic oxidation sites excluding steroid dienone is 1. The number of likely N-dealkylation sites (tertiary alicyclic amines) is 1. The fourth-order valence-electron chi connectivity index (χ4n) is 2.58. The lowest BCUT2D eigenvalue weighted by atomic mass is 9.86. The molecule has 1 aliphatic carbocycles. The van der Waals surface area contributed by atoms with Crippen LogP contribution in [0, 0.1) is 11.8 Å². The number of carbonyl (C=O) groups excluding carboxylic acids is 3. The molecule has 1 heterocycles. The van der Waals surface area contributed by atoms with Gasteiger partial charge in [0.1, 0.15) is 0 Å². The van der Waals surface area contributed by atoms with Gasteiger partial charge in [0.2, 0.25) is 11.8 Å². The Hall–Kier alpha value is -1.91. The Bertz CT molecular complexity index is 480. The number of imide groups is 1. The van der Waals surface area contributed by atoms with Crippen LogP contribution < -0.4 is 0 Å². The highest BCUT2D eigenvalue weighted by molar-refractivity contribution is 6.06. The van der Waals surface area contributed by atoms with E-state index in [1.807, 2.05) is 12.2 Å². The summed E-state index contributed by atoms with van der Waals surface area (Å²) in [6.07, 6.45) is 5.86. The molecule has 2 amide bonds. The zero-order valence-corrected chi connectivity index (χ0v) is 11.6. The predicted molar refractivity (Wildman–Crippen MR) is 72.5 cm³/mol. The third-order valence-electron chi connectivity index (χ3n) is 3.66. The summed E-state index contributed by atoms with van der Waals surface area (Å²) in [4.78, 5) is 36.8. The molecule has 2 rings (SSSR count). The molecule has 5 nitrogen and oxygen atoms in total. The SMILES string of the molecule is C=C(C)C(=O)OCCCN1C(=O)C2C=CCCC2C1=O. The summed E-state index contributed by atoms with van der Waals surface area (Å²) in [5.74, 6) is -1.13. The van der Waals surface area contributed by atoms with Crippen LogP contribution in [0.2, 0.25) is 0 Å². The van der Waals surface area contributed by atoms with Gasteiger partial charge < -0.3 is 4.74 Å². The van der Waals surface area contributed by atoms with Crippen molar-refractivity contribution in [2.75, 3.05) is 13.2 Å². The number of rotatable bonds is 5. The van der Waals surface area contributed by atoms with Gasteiger partial charge in [0.25, 0.3) is 0 Å². The van der Waals surface area contributed by atoms with Crippen LogP contribution in [0.5, 0.6) is 0 Å². The molecule has 1 saturated heterocycles. The van der Waals surface area contributed by atoms with Gasteiger partial charge in [-0.3, -0.25) is 14.5 Å². The van der Waals surface area contributed by atoms with Crippen LogP contribution in [0.25, 0.3) is 0 Å². The van der Waals surface area contributed by atoms with Crippen LogP contribution in [-0.4, -0.2) is 35.8 Å². The molecule has 0 bridgehead atoms. The number of carbonyl (C=O) groups is 3. The van der Waals surface area contributed by atoms with E-state index >= 15 is 0 Å². The van der Waals surface area contributed by atoms with Crippen molar-refractivity contribution in [2.24, 2.45) is 11.8 Å². The fourth-order valence-corrected chi connectivity index (χ4v) is 2.58. The molecule has 2 atom stereocenters. The molecule has 2 aliphatic rings. The lowest BCUT2D eigenvalue weighted by Crippen LogP contribution is -2.32. The Morgan fingerprint density at radius 2 is 2.20 bits per heavy atom. The molecule has 0 aromatic carbocycles. The second kappa shape index (κ2) is 6.03. The monoisotopic (exact) mass is 277 g/mol. The average molecular weight is 277 g/mol. The smallest absolute Gasteiger partial charge is 0.333 e. The maximum Gasteiger partial charge on any atom is 0.333 e. The topological polar surface area (TPSA) is 63.7 Å². The molecule has 0 saturated carbocycles. The lowest BCUT2D eigenvalue weighted by molar-refractivity contribution is -0.140. The van der Waals surface area contributed by atoms with Gasteiger partial charge in [-0.1, -0.05) is 18.7 Å². The molecule has 2 unspecified atom stereocenters. The van der Waals surface area contributed by atoms with Crippen molar-refractivity contribution in [3.8, 4) is 0 Å². The van der Waals surface area contributed by atoms with Crippen molar-refractivity contribution < 1.29 is 19.1 Å². The summed E-state index contributed by atoms with van der Waals surface area (Å²) in [6.45, 7) is 5.56. The Labute approximate surface area is 118 Å². The molecule has 0 aromatic heterocycles. The van der Waals surface area contributed by atoms with Gasteiger partial charge in [-0.15, -0.1) is 0 Å². The molecule has 0 aromatic rings.